The molecule has 1 rings (SSSR count). The highest BCUT2D eigenvalue weighted by molar-refractivity contribution is 5.93. The van der Waals surface area contributed by atoms with Gasteiger partial charge in [-0.25, -0.2) is 0 Å². The number of aryl methyl sites for hydroxylation is 1. The Morgan fingerprint density at radius 1 is 1.42 bits per heavy atom. The molecule has 0 aliphatic heterocycles. The fraction of sp³-hybridized carbons (Fsp3) is 0.600. The lowest BCUT2D eigenvalue weighted by molar-refractivity contribution is 0.0941. The molecule has 1 aromatic rings. The van der Waals surface area contributed by atoms with Crippen molar-refractivity contribution in [3.63, 3.8) is 0 Å². The van der Waals surface area contributed by atoms with Gasteiger partial charge in [-0.15, -0.1) is 0 Å². The number of carbonyl (C=O) groups excluding carboxylic acids is 1. The molecule has 2 N–H and O–H groups in total. The zero-order chi connectivity index (χ0) is 14.3. The van der Waals surface area contributed by atoms with Gasteiger partial charge < -0.3 is 10.4 Å². The van der Waals surface area contributed by atoms with Crippen molar-refractivity contribution in [1.29, 1.82) is 0 Å². The van der Waals surface area contributed by atoms with Gasteiger partial charge in [-0.05, 0) is 43.7 Å². The number of hydrogen-bond donors (Lipinski definition) is 2. The summed E-state index contributed by atoms with van der Waals surface area (Å²) in [6.45, 7) is 6.96. The number of nitrogens with zero attached hydrogens (tertiary/aromatic N) is 1. The van der Waals surface area contributed by atoms with E-state index in [4.69, 9.17) is 5.11 Å². The molecular weight excluding hydrogens is 240 g/mol. The number of aliphatic hydroxyl groups excluding tert-OH is 1. The maximum Gasteiger partial charge on any atom is 0.252 e. The lowest BCUT2D eigenvalue weighted by atomic mass is 9.94. The van der Waals surface area contributed by atoms with Crippen molar-refractivity contribution in [3.05, 3.63) is 29.6 Å². The van der Waals surface area contributed by atoms with E-state index in [1.54, 1.807) is 12.3 Å². The van der Waals surface area contributed by atoms with E-state index in [9.17, 15) is 4.79 Å². The topological polar surface area (TPSA) is 62.2 Å². The van der Waals surface area contributed by atoms with Crippen molar-refractivity contribution < 1.29 is 9.90 Å². The predicted octanol–water partition coefficient (Wildman–Crippen LogP) is 2.16. The predicted molar refractivity (Wildman–Crippen MR) is 76.0 cm³/mol. The number of amides is 1. The van der Waals surface area contributed by atoms with Crippen molar-refractivity contribution in [1.82, 2.24) is 10.3 Å². The van der Waals surface area contributed by atoms with Gasteiger partial charge in [-0.3, -0.25) is 9.78 Å². The van der Waals surface area contributed by atoms with Gasteiger partial charge >= 0.3 is 0 Å². The van der Waals surface area contributed by atoms with Crippen LogP contribution in [0.3, 0.4) is 0 Å². The highest BCUT2D eigenvalue weighted by Gasteiger charge is 2.13. The number of carbonyl (C=O) groups is 1. The van der Waals surface area contributed by atoms with Gasteiger partial charge in [0.25, 0.3) is 5.91 Å². The summed E-state index contributed by atoms with van der Waals surface area (Å²) < 4.78 is 0. The molecular formula is C15H24N2O2. The second-order valence-corrected chi connectivity index (χ2v) is 5.41. The Labute approximate surface area is 115 Å². The molecule has 1 atom stereocenters. The molecule has 0 aliphatic rings. The molecule has 1 amide bonds. The third-order valence-corrected chi connectivity index (χ3v) is 3.07. The lowest BCUT2D eigenvalue weighted by Crippen LogP contribution is -2.30. The third kappa shape index (κ3) is 5.83. The van der Waals surface area contributed by atoms with Crippen LogP contribution in [0, 0.1) is 18.8 Å². The molecule has 1 heterocycles. The van der Waals surface area contributed by atoms with Gasteiger partial charge in [0.1, 0.15) is 0 Å². The maximum atomic E-state index is 11.9. The summed E-state index contributed by atoms with van der Waals surface area (Å²) in [6.07, 6.45) is 3.33. The minimum absolute atomic E-state index is 0.0980. The molecule has 106 valence electrons. The summed E-state index contributed by atoms with van der Waals surface area (Å²) in [5.74, 6) is 0.793. The van der Waals surface area contributed by atoms with Crippen molar-refractivity contribution in [2.24, 2.45) is 11.8 Å². The highest BCUT2D eigenvalue weighted by Crippen LogP contribution is 2.14. The first kappa shape index (κ1) is 15.6. The van der Waals surface area contributed by atoms with E-state index in [0.29, 0.717) is 23.9 Å². The molecule has 0 aromatic carbocycles. The molecule has 0 spiro atoms. The Morgan fingerprint density at radius 2 is 2.16 bits per heavy atom. The quantitative estimate of drug-likeness (QED) is 0.793. The average Bonchev–Trinajstić information content (AvgIpc) is 2.36. The average molecular weight is 264 g/mol. The summed E-state index contributed by atoms with van der Waals surface area (Å²) in [6, 6.07) is 3.61. The number of aliphatic hydroxyl groups is 1. The summed E-state index contributed by atoms with van der Waals surface area (Å²) in [7, 11) is 0. The number of rotatable bonds is 7. The summed E-state index contributed by atoms with van der Waals surface area (Å²) in [4.78, 5) is 16.0. The first-order valence-electron chi connectivity index (χ1n) is 6.84. The molecule has 0 radical (unpaired) electrons. The van der Waals surface area contributed by atoms with E-state index >= 15 is 0 Å². The summed E-state index contributed by atoms with van der Waals surface area (Å²) in [5, 5.41) is 12.0. The Hall–Kier alpha value is -1.42. The van der Waals surface area contributed by atoms with Gasteiger partial charge in [0.15, 0.2) is 0 Å². The SMILES string of the molecule is Cc1ccc(C(=O)NCC(CCO)CC(C)C)cn1. The van der Waals surface area contributed by atoms with Crippen LogP contribution in [-0.2, 0) is 0 Å². The van der Waals surface area contributed by atoms with Gasteiger partial charge in [0.05, 0.1) is 5.56 Å². The highest BCUT2D eigenvalue weighted by atomic mass is 16.3. The largest absolute Gasteiger partial charge is 0.396 e. The zero-order valence-corrected chi connectivity index (χ0v) is 12.0. The van der Waals surface area contributed by atoms with E-state index in [1.165, 1.54) is 0 Å². The van der Waals surface area contributed by atoms with Gasteiger partial charge in [-0.1, -0.05) is 13.8 Å². The van der Waals surface area contributed by atoms with Crippen LogP contribution in [0.4, 0.5) is 0 Å². The van der Waals surface area contributed by atoms with Crippen molar-refractivity contribution >= 4 is 5.91 Å². The molecule has 0 aliphatic carbocycles. The van der Waals surface area contributed by atoms with Crippen LogP contribution in [0.15, 0.2) is 18.3 Å². The third-order valence-electron chi connectivity index (χ3n) is 3.07. The van der Waals surface area contributed by atoms with Gasteiger partial charge in [0.2, 0.25) is 0 Å². The lowest BCUT2D eigenvalue weighted by Gasteiger charge is -2.18. The molecule has 1 unspecified atom stereocenters. The second-order valence-electron chi connectivity index (χ2n) is 5.41. The Morgan fingerprint density at radius 3 is 2.68 bits per heavy atom. The molecule has 0 saturated heterocycles. The number of pyridine rings is 1. The Bertz CT molecular complexity index is 388. The van der Waals surface area contributed by atoms with E-state index in [1.807, 2.05) is 13.0 Å². The number of hydrogen-bond acceptors (Lipinski definition) is 3. The first-order valence-corrected chi connectivity index (χ1v) is 6.84. The second kappa shape index (κ2) is 7.89. The first-order chi connectivity index (χ1) is 9.02. The normalized spacial score (nSPS) is 12.5. The van der Waals surface area contributed by atoms with Crippen LogP contribution >= 0.6 is 0 Å². The molecule has 0 bridgehead atoms. The monoisotopic (exact) mass is 264 g/mol. The molecule has 0 fully saturated rings. The minimum Gasteiger partial charge on any atom is -0.396 e. The van der Waals surface area contributed by atoms with E-state index in [0.717, 1.165) is 18.5 Å². The van der Waals surface area contributed by atoms with Gasteiger partial charge in [-0.2, -0.15) is 0 Å². The molecule has 1 aromatic heterocycles. The van der Waals surface area contributed by atoms with Crippen LogP contribution in [0.2, 0.25) is 0 Å². The molecule has 0 saturated carbocycles. The molecule has 4 nitrogen and oxygen atoms in total. The standard InChI is InChI=1S/C15H24N2O2/c1-11(2)8-13(6-7-18)9-17-15(19)14-5-4-12(3)16-10-14/h4-5,10-11,13,18H,6-9H2,1-3H3,(H,17,19). The maximum absolute atomic E-state index is 11.9. The summed E-state index contributed by atoms with van der Waals surface area (Å²) >= 11 is 0. The van der Waals surface area contributed by atoms with E-state index in [2.05, 4.69) is 24.1 Å². The Kier molecular flexibility index (Phi) is 6.50. The fourth-order valence-corrected chi connectivity index (χ4v) is 2.09. The molecule has 4 heteroatoms. The van der Waals surface area contributed by atoms with E-state index < -0.39 is 0 Å². The van der Waals surface area contributed by atoms with Crippen molar-refractivity contribution in [3.8, 4) is 0 Å². The van der Waals surface area contributed by atoms with Crippen molar-refractivity contribution in [2.45, 2.75) is 33.6 Å². The van der Waals surface area contributed by atoms with E-state index in [-0.39, 0.29) is 12.5 Å². The number of aromatic nitrogens is 1. The van der Waals surface area contributed by atoms with Crippen LogP contribution in [-0.4, -0.2) is 29.1 Å². The van der Waals surface area contributed by atoms with Gasteiger partial charge in [0, 0.05) is 25.0 Å². The minimum atomic E-state index is -0.0980. The fourth-order valence-electron chi connectivity index (χ4n) is 2.09. The van der Waals surface area contributed by atoms with Crippen molar-refractivity contribution in [2.75, 3.05) is 13.2 Å². The zero-order valence-electron chi connectivity index (χ0n) is 12.0. The number of nitrogens with one attached hydrogen (secondary N) is 1. The summed E-state index contributed by atoms with van der Waals surface area (Å²) in [5.41, 5.74) is 1.48. The van der Waals surface area contributed by atoms with Crippen LogP contribution in [0.25, 0.3) is 0 Å². The smallest absolute Gasteiger partial charge is 0.252 e. The van der Waals surface area contributed by atoms with Crippen LogP contribution in [0.5, 0.6) is 0 Å². The Balaban J connectivity index is 2.49. The van der Waals surface area contributed by atoms with Crippen LogP contribution < -0.4 is 5.32 Å². The molecule has 19 heavy (non-hydrogen) atoms. The van der Waals surface area contributed by atoms with Crippen LogP contribution in [0.1, 0.15) is 42.7 Å².